The van der Waals surface area contributed by atoms with Crippen LogP contribution in [0, 0.1) is 19.8 Å². The van der Waals surface area contributed by atoms with Crippen LogP contribution in [0.1, 0.15) is 35.4 Å². The summed E-state index contributed by atoms with van der Waals surface area (Å²) in [6, 6.07) is 4.25. The summed E-state index contributed by atoms with van der Waals surface area (Å²) in [5, 5.41) is 9.51. The molecule has 0 aromatic heterocycles. The highest BCUT2D eigenvalue weighted by Gasteiger charge is 2.33. The molecule has 1 aromatic carbocycles. The van der Waals surface area contributed by atoms with Gasteiger partial charge in [0.1, 0.15) is 5.75 Å². The predicted molar refractivity (Wildman–Crippen MR) is 65.0 cm³/mol. The number of hydrogen-bond donors (Lipinski definition) is 1. The van der Waals surface area contributed by atoms with E-state index < -0.39 is 0 Å². The third-order valence-corrected chi connectivity index (χ3v) is 3.63. The van der Waals surface area contributed by atoms with E-state index in [9.17, 15) is 5.11 Å². The van der Waals surface area contributed by atoms with Gasteiger partial charge in [0.05, 0.1) is 13.7 Å². The van der Waals surface area contributed by atoms with Crippen molar-refractivity contribution >= 4 is 0 Å². The zero-order valence-electron chi connectivity index (χ0n) is 10.3. The molecule has 0 spiro atoms. The van der Waals surface area contributed by atoms with Crippen LogP contribution >= 0.6 is 0 Å². The highest BCUT2D eigenvalue weighted by atomic mass is 16.5. The second-order valence-corrected chi connectivity index (χ2v) is 4.80. The molecular formula is C14H20O2. The van der Waals surface area contributed by atoms with Gasteiger partial charge in [0.2, 0.25) is 0 Å². The SMILES string of the molecule is COc1cc(C)c(C)cc1C(CO)C1CC1. The molecule has 1 N–H and O–H groups in total. The van der Waals surface area contributed by atoms with E-state index in [1.54, 1.807) is 7.11 Å². The Morgan fingerprint density at radius 3 is 2.44 bits per heavy atom. The van der Waals surface area contributed by atoms with Gasteiger partial charge in [-0.15, -0.1) is 0 Å². The highest BCUT2D eigenvalue weighted by Crippen LogP contribution is 2.45. The van der Waals surface area contributed by atoms with Crippen LogP contribution < -0.4 is 4.74 Å². The number of aliphatic hydroxyl groups excluding tert-OH is 1. The van der Waals surface area contributed by atoms with E-state index in [1.807, 2.05) is 0 Å². The lowest BCUT2D eigenvalue weighted by Crippen LogP contribution is -2.09. The first-order valence-electron chi connectivity index (χ1n) is 5.93. The Labute approximate surface area is 97.3 Å². The van der Waals surface area contributed by atoms with Crippen molar-refractivity contribution in [3.8, 4) is 5.75 Å². The molecule has 2 nitrogen and oxygen atoms in total. The van der Waals surface area contributed by atoms with Gasteiger partial charge in [0.15, 0.2) is 0 Å². The monoisotopic (exact) mass is 220 g/mol. The summed E-state index contributed by atoms with van der Waals surface area (Å²) >= 11 is 0. The summed E-state index contributed by atoms with van der Waals surface area (Å²) in [5.41, 5.74) is 3.69. The minimum atomic E-state index is 0.226. The largest absolute Gasteiger partial charge is 0.496 e. The molecule has 1 aliphatic rings. The maximum absolute atomic E-state index is 9.51. The van der Waals surface area contributed by atoms with Gasteiger partial charge in [-0.3, -0.25) is 0 Å². The van der Waals surface area contributed by atoms with Gasteiger partial charge in [-0.2, -0.15) is 0 Å². The first kappa shape index (κ1) is 11.5. The van der Waals surface area contributed by atoms with Crippen LogP contribution in [0.3, 0.4) is 0 Å². The quantitative estimate of drug-likeness (QED) is 0.845. The molecule has 0 bridgehead atoms. The molecule has 0 aliphatic heterocycles. The van der Waals surface area contributed by atoms with Crippen LogP contribution in [0.5, 0.6) is 5.75 Å². The smallest absolute Gasteiger partial charge is 0.122 e. The van der Waals surface area contributed by atoms with E-state index in [-0.39, 0.29) is 12.5 Å². The summed E-state index contributed by atoms with van der Waals surface area (Å²) in [4.78, 5) is 0. The van der Waals surface area contributed by atoms with E-state index in [2.05, 4.69) is 26.0 Å². The molecule has 2 heteroatoms. The molecule has 0 saturated heterocycles. The average molecular weight is 220 g/mol. The number of aliphatic hydroxyl groups is 1. The Morgan fingerprint density at radius 2 is 1.94 bits per heavy atom. The normalized spacial score (nSPS) is 17.2. The molecule has 1 unspecified atom stereocenters. The Morgan fingerprint density at radius 1 is 1.31 bits per heavy atom. The van der Waals surface area contributed by atoms with Crippen molar-refractivity contribution in [2.75, 3.05) is 13.7 Å². The molecular weight excluding hydrogens is 200 g/mol. The molecule has 16 heavy (non-hydrogen) atoms. The van der Waals surface area contributed by atoms with E-state index in [4.69, 9.17) is 4.74 Å². The first-order valence-corrected chi connectivity index (χ1v) is 5.93. The molecule has 1 atom stereocenters. The third-order valence-electron chi connectivity index (χ3n) is 3.63. The van der Waals surface area contributed by atoms with E-state index in [0.717, 1.165) is 5.75 Å². The summed E-state index contributed by atoms with van der Waals surface area (Å²) in [6.07, 6.45) is 2.47. The van der Waals surface area contributed by atoms with Crippen molar-refractivity contribution in [3.05, 3.63) is 28.8 Å². The van der Waals surface area contributed by atoms with E-state index in [1.165, 1.54) is 29.5 Å². The van der Waals surface area contributed by atoms with Gasteiger partial charge < -0.3 is 9.84 Å². The van der Waals surface area contributed by atoms with Crippen molar-refractivity contribution in [2.45, 2.75) is 32.6 Å². The minimum absolute atomic E-state index is 0.226. The number of ether oxygens (including phenoxy) is 1. The van der Waals surface area contributed by atoms with Crippen molar-refractivity contribution in [1.82, 2.24) is 0 Å². The number of hydrogen-bond acceptors (Lipinski definition) is 2. The van der Waals surface area contributed by atoms with Gasteiger partial charge in [-0.05, 0) is 49.8 Å². The summed E-state index contributed by atoms with van der Waals surface area (Å²) in [6.45, 7) is 4.43. The second kappa shape index (κ2) is 4.46. The molecule has 0 amide bonds. The topological polar surface area (TPSA) is 29.5 Å². The van der Waals surface area contributed by atoms with E-state index in [0.29, 0.717) is 5.92 Å². The number of rotatable bonds is 4. The number of methoxy groups -OCH3 is 1. The Bertz CT molecular complexity index is 381. The van der Waals surface area contributed by atoms with Crippen LogP contribution in [0.2, 0.25) is 0 Å². The minimum Gasteiger partial charge on any atom is -0.496 e. The van der Waals surface area contributed by atoms with Crippen LogP contribution in [-0.2, 0) is 0 Å². The fourth-order valence-corrected chi connectivity index (χ4v) is 2.28. The average Bonchev–Trinajstić information content (AvgIpc) is 3.08. The van der Waals surface area contributed by atoms with Crippen molar-refractivity contribution in [2.24, 2.45) is 5.92 Å². The molecule has 1 saturated carbocycles. The lowest BCUT2D eigenvalue weighted by Gasteiger charge is -2.19. The fraction of sp³-hybridized carbons (Fsp3) is 0.571. The number of aryl methyl sites for hydroxylation is 2. The molecule has 0 radical (unpaired) electrons. The molecule has 2 rings (SSSR count). The maximum Gasteiger partial charge on any atom is 0.122 e. The van der Waals surface area contributed by atoms with Gasteiger partial charge in [-0.25, -0.2) is 0 Å². The standard InChI is InChI=1S/C14H20O2/c1-9-6-12(13(8-15)11-4-5-11)14(16-3)7-10(9)2/h6-7,11,13,15H,4-5,8H2,1-3H3. The van der Waals surface area contributed by atoms with Gasteiger partial charge in [-0.1, -0.05) is 6.07 Å². The molecule has 88 valence electrons. The van der Waals surface area contributed by atoms with Gasteiger partial charge in [0, 0.05) is 11.5 Å². The summed E-state index contributed by atoms with van der Waals surface area (Å²) < 4.78 is 5.43. The Balaban J connectivity index is 2.40. The van der Waals surface area contributed by atoms with Gasteiger partial charge in [0.25, 0.3) is 0 Å². The van der Waals surface area contributed by atoms with Crippen LogP contribution in [-0.4, -0.2) is 18.8 Å². The van der Waals surface area contributed by atoms with Crippen LogP contribution in [0.25, 0.3) is 0 Å². The first-order chi connectivity index (χ1) is 7.67. The van der Waals surface area contributed by atoms with Crippen molar-refractivity contribution < 1.29 is 9.84 Å². The molecule has 1 fully saturated rings. The zero-order chi connectivity index (χ0) is 11.7. The van der Waals surface area contributed by atoms with Crippen molar-refractivity contribution in [1.29, 1.82) is 0 Å². The lowest BCUT2D eigenvalue weighted by atomic mass is 9.91. The second-order valence-electron chi connectivity index (χ2n) is 4.80. The molecule has 1 aromatic rings. The lowest BCUT2D eigenvalue weighted by molar-refractivity contribution is 0.249. The highest BCUT2D eigenvalue weighted by molar-refractivity contribution is 5.44. The summed E-state index contributed by atoms with van der Waals surface area (Å²) in [7, 11) is 1.70. The zero-order valence-corrected chi connectivity index (χ0v) is 10.3. The molecule has 0 heterocycles. The van der Waals surface area contributed by atoms with E-state index >= 15 is 0 Å². The third kappa shape index (κ3) is 2.07. The number of benzene rings is 1. The maximum atomic E-state index is 9.51. The van der Waals surface area contributed by atoms with Gasteiger partial charge >= 0.3 is 0 Å². The Hall–Kier alpha value is -1.02. The van der Waals surface area contributed by atoms with Crippen LogP contribution in [0.15, 0.2) is 12.1 Å². The fourth-order valence-electron chi connectivity index (χ4n) is 2.28. The van der Waals surface area contributed by atoms with Crippen molar-refractivity contribution in [3.63, 3.8) is 0 Å². The predicted octanol–water partition coefficient (Wildman–Crippen LogP) is 2.80. The Kier molecular flexibility index (Phi) is 3.20. The summed E-state index contributed by atoms with van der Waals surface area (Å²) in [5.74, 6) is 1.84. The van der Waals surface area contributed by atoms with Crippen LogP contribution in [0.4, 0.5) is 0 Å². The molecule has 1 aliphatic carbocycles.